The molecule has 0 amide bonds. The van der Waals surface area contributed by atoms with Gasteiger partial charge >= 0.3 is 0 Å². The van der Waals surface area contributed by atoms with Gasteiger partial charge in [0.15, 0.2) is 0 Å². The minimum atomic E-state index is 0.688. The summed E-state index contributed by atoms with van der Waals surface area (Å²) in [5, 5.41) is 1.56. The Morgan fingerprint density at radius 2 is 1.43 bits per heavy atom. The Kier molecular flexibility index (Phi) is 4.19. The molecule has 3 saturated heterocycles. The van der Waals surface area contributed by atoms with Gasteiger partial charge < -0.3 is 0 Å². The van der Waals surface area contributed by atoms with Crippen LogP contribution in [0.3, 0.4) is 0 Å². The fraction of sp³-hybridized carbons (Fsp3) is 0.300. The lowest BCUT2D eigenvalue weighted by Crippen LogP contribution is -2.43. The van der Waals surface area contributed by atoms with Crippen LogP contribution >= 0.6 is 23.2 Å². The predicted molar refractivity (Wildman–Crippen MR) is 98.1 cm³/mol. The zero-order valence-electron chi connectivity index (χ0n) is 12.9. The van der Waals surface area contributed by atoms with Crippen LogP contribution in [0.2, 0.25) is 10.0 Å². The number of fused-ring (bicyclic) bond motifs is 3. The van der Waals surface area contributed by atoms with E-state index in [0.717, 1.165) is 16.6 Å². The van der Waals surface area contributed by atoms with E-state index in [2.05, 4.69) is 29.2 Å². The van der Waals surface area contributed by atoms with Crippen LogP contribution in [-0.2, 0) is 0 Å². The van der Waals surface area contributed by atoms with E-state index >= 15 is 0 Å². The summed E-state index contributed by atoms with van der Waals surface area (Å²) in [5.41, 5.74) is 5.27. The molecule has 3 fully saturated rings. The zero-order valence-corrected chi connectivity index (χ0v) is 14.4. The van der Waals surface area contributed by atoms with E-state index in [1.807, 2.05) is 24.3 Å². The molecule has 1 nitrogen and oxygen atoms in total. The molecule has 0 aromatic heterocycles. The summed E-state index contributed by atoms with van der Waals surface area (Å²) in [5.74, 6) is 0.688. The van der Waals surface area contributed by atoms with Gasteiger partial charge in [0, 0.05) is 16.6 Å². The molecule has 5 rings (SSSR count). The lowest BCUT2D eigenvalue weighted by atomic mass is 9.78. The van der Waals surface area contributed by atoms with Crippen LogP contribution in [0.1, 0.15) is 24.0 Å². The average molecular weight is 344 g/mol. The van der Waals surface area contributed by atoms with Gasteiger partial charge in [-0.1, -0.05) is 47.5 Å². The average Bonchev–Trinajstić information content (AvgIpc) is 2.56. The van der Waals surface area contributed by atoms with Gasteiger partial charge in [-0.15, -0.1) is 0 Å². The number of benzene rings is 2. The molecular formula is C20H19Cl2N. The summed E-state index contributed by atoms with van der Waals surface area (Å²) in [6.45, 7) is 3.53. The molecule has 0 saturated carbocycles. The highest BCUT2D eigenvalue weighted by Crippen LogP contribution is 2.40. The second-order valence-corrected chi connectivity index (χ2v) is 7.34. The highest BCUT2D eigenvalue weighted by atomic mass is 35.5. The van der Waals surface area contributed by atoms with Crippen LogP contribution in [-0.4, -0.2) is 24.5 Å². The van der Waals surface area contributed by atoms with E-state index in [0.29, 0.717) is 5.92 Å². The van der Waals surface area contributed by atoms with Crippen molar-refractivity contribution in [2.75, 3.05) is 19.6 Å². The first-order valence-corrected chi connectivity index (χ1v) is 8.93. The summed E-state index contributed by atoms with van der Waals surface area (Å²) in [6.07, 6.45) is 2.53. The van der Waals surface area contributed by atoms with Crippen molar-refractivity contribution in [3.63, 3.8) is 0 Å². The number of halogens is 2. The third-order valence-electron chi connectivity index (χ3n) is 5.02. The molecule has 0 atom stereocenters. The molecule has 0 aliphatic carbocycles. The Morgan fingerprint density at radius 1 is 0.870 bits per heavy atom. The van der Waals surface area contributed by atoms with Crippen LogP contribution in [0.4, 0.5) is 0 Å². The quantitative estimate of drug-likeness (QED) is 0.693. The Morgan fingerprint density at radius 3 is 1.87 bits per heavy atom. The third kappa shape index (κ3) is 3.06. The Labute approximate surface area is 147 Å². The smallest absolute Gasteiger partial charge is 0.0412 e. The largest absolute Gasteiger partial charge is 0.299 e. The first-order chi connectivity index (χ1) is 11.2. The van der Waals surface area contributed by atoms with E-state index in [-0.39, 0.29) is 0 Å². The summed E-state index contributed by atoms with van der Waals surface area (Å²) in [7, 11) is 0. The molecule has 2 bridgehead atoms. The second-order valence-electron chi connectivity index (χ2n) is 6.47. The SMILES string of the molecule is Clc1cccc(C(=C2CN3CCC2CC3)c2cccc(Cl)c2)c1. The maximum absolute atomic E-state index is 6.27. The summed E-state index contributed by atoms with van der Waals surface area (Å²) in [6, 6.07) is 16.4. The fourth-order valence-corrected chi connectivity index (χ4v) is 4.30. The number of hydrogen-bond donors (Lipinski definition) is 0. The number of nitrogens with zero attached hydrogens (tertiary/aromatic N) is 1. The molecular weight excluding hydrogens is 325 g/mol. The monoisotopic (exact) mass is 343 g/mol. The van der Waals surface area contributed by atoms with Crippen molar-refractivity contribution < 1.29 is 0 Å². The number of rotatable bonds is 2. The molecule has 3 heteroatoms. The van der Waals surface area contributed by atoms with E-state index in [9.17, 15) is 0 Å². The van der Waals surface area contributed by atoms with Crippen LogP contribution in [0.15, 0.2) is 54.1 Å². The van der Waals surface area contributed by atoms with E-state index < -0.39 is 0 Å². The first-order valence-electron chi connectivity index (χ1n) is 8.18. The van der Waals surface area contributed by atoms with Gasteiger partial charge in [-0.05, 0) is 78.4 Å². The van der Waals surface area contributed by atoms with Gasteiger partial charge in [-0.3, -0.25) is 4.90 Å². The van der Waals surface area contributed by atoms with Crippen molar-refractivity contribution in [2.24, 2.45) is 5.92 Å². The fourth-order valence-electron chi connectivity index (χ4n) is 3.92. The standard InChI is InChI=1S/C20H19Cl2N/c21-17-5-1-3-15(11-17)20(16-4-2-6-18(22)12-16)19-13-23-9-7-14(19)8-10-23/h1-6,11-12,14H,7-10,13H2. The molecule has 0 spiro atoms. The molecule has 0 N–H and O–H groups in total. The number of hydrogen-bond acceptors (Lipinski definition) is 1. The first kappa shape index (κ1) is 15.3. The van der Waals surface area contributed by atoms with Crippen molar-refractivity contribution in [1.29, 1.82) is 0 Å². The van der Waals surface area contributed by atoms with Gasteiger partial charge in [-0.25, -0.2) is 0 Å². The number of piperidine rings is 3. The lowest BCUT2D eigenvalue weighted by Gasteiger charge is -2.42. The van der Waals surface area contributed by atoms with Crippen LogP contribution in [0.25, 0.3) is 5.57 Å². The lowest BCUT2D eigenvalue weighted by molar-refractivity contribution is 0.162. The van der Waals surface area contributed by atoms with Gasteiger partial charge in [0.25, 0.3) is 0 Å². The van der Waals surface area contributed by atoms with E-state index in [1.165, 1.54) is 42.6 Å². The van der Waals surface area contributed by atoms with Crippen molar-refractivity contribution in [3.05, 3.63) is 75.3 Å². The van der Waals surface area contributed by atoms with Gasteiger partial charge in [-0.2, -0.15) is 0 Å². The van der Waals surface area contributed by atoms with Gasteiger partial charge in [0.2, 0.25) is 0 Å². The van der Waals surface area contributed by atoms with Crippen molar-refractivity contribution in [1.82, 2.24) is 4.90 Å². The summed E-state index contributed by atoms with van der Waals surface area (Å²) >= 11 is 12.5. The maximum atomic E-state index is 6.27. The Balaban J connectivity index is 1.91. The van der Waals surface area contributed by atoms with E-state index in [4.69, 9.17) is 23.2 Å². The van der Waals surface area contributed by atoms with Crippen LogP contribution < -0.4 is 0 Å². The van der Waals surface area contributed by atoms with Crippen molar-refractivity contribution in [3.8, 4) is 0 Å². The molecule has 23 heavy (non-hydrogen) atoms. The van der Waals surface area contributed by atoms with E-state index in [1.54, 1.807) is 5.57 Å². The van der Waals surface area contributed by atoms with Gasteiger partial charge in [0.05, 0.1) is 0 Å². The van der Waals surface area contributed by atoms with Crippen molar-refractivity contribution in [2.45, 2.75) is 12.8 Å². The molecule has 2 aromatic rings. The maximum Gasteiger partial charge on any atom is 0.0412 e. The normalized spacial score (nSPS) is 23.1. The predicted octanol–water partition coefficient (Wildman–Crippen LogP) is 5.52. The molecule has 0 radical (unpaired) electrons. The van der Waals surface area contributed by atoms with Crippen molar-refractivity contribution >= 4 is 28.8 Å². The Hall–Kier alpha value is -1.28. The second kappa shape index (κ2) is 6.32. The molecule has 3 heterocycles. The molecule has 3 aliphatic heterocycles. The molecule has 118 valence electrons. The van der Waals surface area contributed by atoms with Gasteiger partial charge in [0.1, 0.15) is 0 Å². The van der Waals surface area contributed by atoms with Crippen LogP contribution in [0.5, 0.6) is 0 Å². The molecule has 3 aliphatic rings. The molecule has 2 aromatic carbocycles. The minimum absolute atomic E-state index is 0.688. The summed E-state index contributed by atoms with van der Waals surface area (Å²) in [4.78, 5) is 2.56. The third-order valence-corrected chi connectivity index (χ3v) is 5.49. The molecule has 0 unspecified atom stereocenters. The zero-order chi connectivity index (χ0) is 15.8. The topological polar surface area (TPSA) is 3.24 Å². The van der Waals surface area contributed by atoms with Crippen LogP contribution in [0, 0.1) is 5.92 Å². The Bertz CT molecular complexity index is 710. The highest BCUT2D eigenvalue weighted by Gasteiger charge is 2.32. The highest BCUT2D eigenvalue weighted by molar-refractivity contribution is 6.31. The summed E-state index contributed by atoms with van der Waals surface area (Å²) < 4.78 is 0. The minimum Gasteiger partial charge on any atom is -0.299 e.